The van der Waals surface area contributed by atoms with Gasteiger partial charge in [0.2, 0.25) is 0 Å². The van der Waals surface area contributed by atoms with E-state index in [9.17, 15) is 4.79 Å². The number of nitrogens with zero attached hydrogens (tertiary/aromatic N) is 2. The Morgan fingerprint density at radius 1 is 1.05 bits per heavy atom. The lowest BCUT2D eigenvalue weighted by molar-refractivity contribution is -0.112. The van der Waals surface area contributed by atoms with Crippen LogP contribution in [0.1, 0.15) is 12.8 Å². The lowest BCUT2D eigenvalue weighted by atomic mass is 10.1. The Labute approximate surface area is 126 Å². The summed E-state index contributed by atoms with van der Waals surface area (Å²) in [4.78, 5) is 14.3. The number of hydrogen-bond acceptors (Lipinski definition) is 2. The van der Waals surface area contributed by atoms with Crippen LogP contribution in [-0.2, 0) is 4.79 Å². The molecule has 3 nitrogen and oxygen atoms in total. The third kappa shape index (κ3) is 5.31. The largest absolute Gasteiger partial charge is 0.316 e. The van der Waals surface area contributed by atoms with Crippen LogP contribution >= 0.6 is 0 Å². The molecule has 0 spiro atoms. The zero-order chi connectivity index (χ0) is 14.9. The summed E-state index contributed by atoms with van der Waals surface area (Å²) >= 11 is 0. The molecule has 2 saturated heterocycles. The molecule has 1 atom stereocenters. The maximum Gasteiger partial charge on any atom is 0.255 e. The zero-order valence-corrected chi connectivity index (χ0v) is 11.8. The summed E-state index contributed by atoms with van der Waals surface area (Å²) in [7, 11) is 2.10. The van der Waals surface area contributed by atoms with Gasteiger partial charge in [-0.1, -0.05) is 0 Å². The monoisotopic (exact) mass is 273 g/mol. The Morgan fingerprint density at radius 3 is 2.24 bits per heavy atom. The molecule has 0 bridgehead atoms. The van der Waals surface area contributed by atoms with Gasteiger partial charge in [-0.3, -0.25) is 15.6 Å². The van der Waals surface area contributed by atoms with Crippen molar-refractivity contribution in [1.29, 1.82) is 0 Å². The fraction of sp³-hybridized carbons (Fsp3) is 0.333. The van der Waals surface area contributed by atoms with E-state index in [-0.39, 0.29) is 5.91 Å². The van der Waals surface area contributed by atoms with E-state index in [0.717, 1.165) is 13.0 Å². The van der Waals surface area contributed by atoms with E-state index in [4.69, 9.17) is 0 Å². The predicted octanol–water partition coefficient (Wildman–Crippen LogP) is 0.102. The van der Waals surface area contributed by atoms with Crippen LogP contribution in [0.5, 0.6) is 0 Å². The second kappa shape index (κ2) is 7.63. The molecule has 2 fully saturated rings. The Kier molecular flexibility index (Phi) is 5.27. The second-order valence-electron chi connectivity index (χ2n) is 4.59. The summed E-state index contributed by atoms with van der Waals surface area (Å²) in [6, 6.07) is 3.03. The maximum atomic E-state index is 10.6. The molecule has 1 amide bonds. The molecule has 0 aromatic heterocycles. The van der Waals surface area contributed by atoms with E-state index in [0.29, 0.717) is 12.6 Å². The topological polar surface area (TPSA) is 23.3 Å². The van der Waals surface area contributed by atoms with Gasteiger partial charge in [-0.2, -0.15) is 6.42 Å². The average Bonchev–Trinajstić information content (AvgIpc) is 3.02. The molecule has 102 valence electrons. The van der Waals surface area contributed by atoms with Crippen LogP contribution in [0.4, 0.5) is 0 Å². The second-order valence-corrected chi connectivity index (χ2v) is 4.59. The van der Waals surface area contributed by atoms with Crippen LogP contribution in [0, 0.1) is 65.7 Å². The fourth-order valence-corrected chi connectivity index (χ4v) is 1.81. The van der Waals surface area contributed by atoms with Gasteiger partial charge >= 0.3 is 0 Å². The van der Waals surface area contributed by atoms with Crippen molar-refractivity contribution in [2.45, 2.75) is 18.9 Å². The number of amides is 1. The van der Waals surface area contributed by atoms with Crippen molar-refractivity contribution in [1.82, 2.24) is 9.80 Å². The van der Waals surface area contributed by atoms with Gasteiger partial charge in [0.25, 0.3) is 5.91 Å². The quantitative estimate of drug-likeness (QED) is 0.384. The number of rotatable bonds is 1. The van der Waals surface area contributed by atoms with Gasteiger partial charge in [0.05, 0.1) is 0 Å². The Bertz CT molecular complexity index is 723. The van der Waals surface area contributed by atoms with Crippen molar-refractivity contribution in [3.63, 3.8) is 0 Å². The SMILES string of the molecule is CN1CCCC1[CH-]C#CC#CC#CC#CC#CN1CC1=O. The van der Waals surface area contributed by atoms with Crippen LogP contribution in [0.25, 0.3) is 0 Å². The summed E-state index contributed by atoms with van der Waals surface area (Å²) in [5.41, 5.74) is 0. The highest BCUT2D eigenvalue weighted by atomic mass is 16.2. The number of carbonyl (C=O) groups excluding carboxylic acids is 1. The number of hydrogen-bond donors (Lipinski definition) is 0. The minimum Gasteiger partial charge on any atom is -0.316 e. The molecule has 0 saturated carbocycles. The van der Waals surface area contributed by atoms with Crippen molar-refractivity contribution in [3.05, 3.63) is 6.42 Å². The first-order valence-corrected chi connectivity index (χ1v) is 6.62. The standard InChI is InChI=1S/C18H13N2O/c1-19-14-11-13-17(19)12-9-7-5-3-2-4-6-8-10-15-20-16-18(20)21/h12,17H,11,13-14,16H2,1H3/q-1. The minimum atomic E-state index is 0.0282. The van der Waals surface area contributed by atoms with Gasteiger partial charge in [-0.25, -0.2) is 5.92 Å². The lowest BCUT2D eigenvalue weighted by Gasteiger charge is -2.20. The molecular formula is C18H13N2O-. The van der Waals surface area contributed by atoms with Gasteiger partial charge in [-0.05, 0) is 50.2 Å². The normalized spacial score (nSPS) is 18.2. The van der Waals surface area contributed by atoms with Crippen molar-refractivity contribution < 1.29 is 4.79 Å². The molecule has 0 aromatic rings. The highest BCUT2D eigenvalue weighted by Crippen LogP contribution is 2.16. The van der Waals surface area contributed by atoms with Crippen molar-refractivity contribution >= 4 is 5.91 Å². The highest BCUT2D eigenvalue weighted by molar-refractivity contribution is 5.94. The van der Waals surface area contributed by atoms with Crippen LogP contribution in [0.2, 0.25) is 0 Å². The Balaban J connectivity index is 1.69. The minimum absolute atomic E-state index is 0.0282. The van der Waals surface area contributed by atoms with E-state index in [1.165, 1.54) is 11.3 Å². The summed E-state index contributed by atoms with van der Waals surface area (Å²) < 4.78 is 0. The van der Waals surface area contributed by atoms with E-state index in [1.54, 1.807) is 0 Å². The smallest absolute Gasteiger partial charge is 0.255 e. The molecule has 2 rings (SSSR count). The van der Waals surface area contributed by atoms with E-state index in [2.05, 4.69) is 71.3 Å². The third-order valence-electron chi connectivity index (χ3n) is 3.04. The Morgan fingerprint density at radius 2 is 1.67 bits per heavy atom. The molecule has 2 aliphatic rings. The molecule has 0 radical (unpaired) electrons. The highest BCUT2D eigenvalue weighted by Gasteiger charge is 2.27. The molecule has 2 aliphatic heterocycles. The third-order valence-corrected chi connectivity index (χ3v) is 3.04. The van der Waals surface area contributed by atoms with E-state index >= 15 is 0 Å². The summed E-state index contributed by atoms with van der Waals surface area (Å²) in [5, 5.41) is 0. The molecule has 2 heterocycles. The zero-order valence-electron chi connectivity index (χ0n) is 11.8. The van der Waals surface area contributed by atoms with Gasteiger partial charge in [0.1, 0.15) is 6.54 Å². The molecule has 0 aliphatic carbocycles. The van der Waals surface area contributed by atoms with Crippen LogP contribution in [-0.4, -0.2) is 41.9 Å². The summed E-state index contributed by atoms with van der Waals surface area (Å²) in [6.45, 7) is 1.53. The molecule has 0 aromatic carbocycles. The lowest BCUT2D eigenvalue weighted by Crippen LogP contribution is -2.24. The first kappa shape index (κ1) is 14.5. The van der Waals surface area contributed by atoms with Crippen LogP contribution < -0.4 is 0 Å². The van der Waals surface area contributed by atoms with Crippen molar-refractivity contribution in [2.75, 3.05) is 20.1 Å². The van der Waals surface area contributed by atoms with Gasteiger partial charge < -0.3 is 4.90 Å². The summed E-state index contributed by atoms with van der Waals surface area (Å²) in [5.74, 6) is 23.7. The van der Waals surface area contributed by atoms with Gasteiger partial charge in [-0.15, -0.1) is 5.92 Å². The Hall–Kier alpha value is -2.90. The van der Waals surface area contributed by atoms with E-state index < -0.39 is 0 Å². The van der Waals surface area contributed by atoms with Gasteiger partial charge in [0, 0.05) is 23.8 Å². The van der Waals surface area contributed by atoms with Crippen LogP contribution in [0.3, 0.4) is 0 Å². The van der Waals surface area contributed by atoms with Crippen molar-refractivity contribution in [2.24, 2.45) is 0 Å². The molecule has 21 heavy (non-hydrogen) atoms. The van der Waals surface area contributed by atoms with E-state index in [1.807, 2.05) is 6.42 Å². The molecular weight excluding hydrogens is 260 g/mol. The average molecular weight is 273 g/mol. The van der Waals surface area contributed by atoms with Crippen molar-refractivity contribution in [3.8, 4) is 59.3 Å². The molecule has 3 heteroatoms. The van der Waals surface area contributed by atoms with Gasteiger partial charge in [0.15, 0.2) is 0 Å². The first-order valence-electron chi connectivity index (χ1n) is 6.62. The number of likely N-dealkylation sites (tertiary alicyclic amines) is 1. The number of carbonyl (C=O) groups is 1. The fourth-order valence-electron chi connectivity index (χ4n) is 1.81. The van der Waals surface area contributed by atoms with Crippen LogP contribution in [0.15, 0.2) is 0 Å². The molecule has 1 unspecified atom stereocenters. The molecule has 0 N–H and O–H groups in total. The first-order chi connectivity index (χ1) is 10.3. The maximum absolute atomic E-state index is 10.6. The predicted molar refractivity (Wildman–Crippen MR) is 80.5 cm³/mol. The summed E-state index contributed by atoms with van der Waals surface area (Å²) in [6.07, 6.45) is 4.38.